The lowest BCUT2D eigenvalue weighted by Crippen LogP contribution is -2.49. The predicted molar refractivity (Wildman–Crippen MR) is 93.8 cm³/mol. The van der Waals surface area contributed by atoms with Gasteiger partial charge in [-0.25, -0.2) is 9.59 Å². The maximum Gasteiger partial charge on any atom is 0.329 e. The van der Waals surface area contributed by atoms with E-state index in [9.17, 15) is 24.0 Å². The summed E-state index contributed by atoms with van der Waals surface area (Å²) in [7, 11) is 0. The number of carbonyl (C=O) groups excluding carboxylic acids is 5. The summed E-state index contributed by atoms with van der Waals surface area (Å²) < 4.78 is 4.83. The Bertz CT molecular complexity index is 777. The molecule has 2 N–H and O–H groups in total. The molecule has 1 aromatic carbocycles. The molecular weight excluding hydrogens is 354 g/mol. The number of nitrogens with zero attached hydrogens (tertiary/aromatic N) is 1. The van der Waals surface area contributed by atoms with Crippen molar-refractivity contribution >= 4 is 29.7 Å². The van der Waals surface area contributed by atoms with Crippen molar-refractivity contribution in [3.05, 3.63) is 35.4 Å². The smallest absolute Gasteiger partial charge is 0.329 e. The van der Waals surface area contributed by atoms with E-state index in [-0.39, 0.29) is 11.1 Å². The van der Waals surface area contributed by atoms with E-state index in [1.165, 1.54) is 19.1 Å². The molecule has 1 aromatic rings. The van der Waals surface area contributed by atoms with Crippen LogP contribution in [0.5, 0.6) is 0 Å². The van der Waals surface area contributed by atoms with Crippen molar-refractivity contribution in [3.8, 4) is 0 Å². The van der Waals surface area contributed by atoms with Crippen molar-refractivity contribution < 1.29 is 28.7 Å². The molecule has 0 bridgehead atoms. The van der Waals surface area contributed by atoms with E-state index in [1.807, 2.05) is 5.32 Å². The van der Waals surface area contributed by atoms with Crippen LogP contribution < -0.4 is 10.6 Å². The second kappa shape index (κ2) is 7.56. The number of rotatable bonds is 4. The van der Waals surface area contributed by atoms with Gasteiger partial charge in [0.05, 0.1) is 11.1 Å². The van der Waals surface area contributed by atoms with Crippen molar-refractivity contribution in [2.24, 2.45) is 0 Å². The number of urea groups is 1. The van der Waals surface area contributed by atoms with Crippen LogP contribution >= 0.6 is 0 Å². The molecule has 144 valence electrons. The van der Waals surface area contributed by atoms with Gasteiger partial charge in [0, 0.05) is 5.54 Å². The van der Waals surface area contributed by atoms with Gasteiger partial charge in [0.2, 0.25) is 0 Å². The van der Waals surface area contributed by atoms with Crippen molar-refractivity contribution in [1.82, 2.24) is 15.5 Å². The van der Waals surface area contributed by atoms with Crippen molar-refractivity contribution in [3.63, 3.8) is 0 Å². The van der Waals surface area contributed by atoms with Crippen LogP contribution in [0.1, 0.15) is 48.4 Å². The van der Waals surface area contributed by atoms with Gasteiger partial charge in [0.25, 0.3) is 17.7 Å². The summed E-state index contributed by atoms with van der Waals surface area (Å²) in [4.78, 5) is 60.9. The Morgan fingerprint density at radius 2 is 1.59 bits per heavy atom. The molecule has 5 amide bonds. The van der Waals surface area contributed by atoms with Crippen LogP contribution in [0.15, 0.2) is 24.3 Å². The van der Waals surface area contributed by atoms with Crippen LogP contribution in [0.4, 0.5) is 4.79 Å². The molecule has 0 fully saturated rings. The minimum Gasteiger partial charge on any atom is -0.454 e. The summed E-state index contributed by atoms with van der Waals surface area (Å²) >= 11 is 0. The molecule has 1 atom stereocenters. The van der Waals surface area contributed by atoms with Crippen molar-refractivity contribution in [1.29, 1.82) is 0 Å². The van der Waals surface area contributed by atoms with Crippen LogP contribution in [0.2, 0.25) is 0 Å². The van der Waals surface area contributed by atoms with Crippen molar-refractivity contribution in [2.75, 3.05) is 6.61 Å². The van der Waals surface area contributed by atoms with Gasteiger partial charge < -0.3 is 10.1 Å². The van der Waals surface area contributed by atoms with Crippen LogP contribution in [0.25, 0.3) is 0 Å². The van der Waals surface area contributed by atoms with Gasteiger partial charge in [0.1, 0.15) is 6.04 Å². The molecule has 0 unspecified atom stereocenters. The maximum absolute atomic E-state index is 12.3. The summed E-state index contributed by atoms with van der Waals surface area (Å²) in [5.41, 5.74) is -0.126. The van der Waals surface area contributed by atoms with Gasteiger partial charge in [-0.15, -0.1) is 0 Å². The molecule has 0 aliphatic carbocycles. The number of nitrogens with one attached hydrogen (secondary N) is 2. The standard InChI is InChI=1S/C18H21N3O6/c1-10(21-14(23)11-7-5-6-8-12(11)15(21)24)16(25)27-9-13(22)19-17(26)20-18(2,3)4/h5-8,10H,9H2,1-4H3,(H2,19,20,22,26)/t10-/m0/s1. The van der Waals surface area contributed by atoms with Crippen LogP contribution in [0.3, 0.4) is 0 Å². The summed E-state index contributed by atoms with van der Waals surface area (Å²) in [5, 5.41) is 4.54. The van der Waals surface area contributed by atoms with Crippen LogP contribution in [-0.4, -0.2) is 52.8 Å². The molecule has 9 heteroatoms. The second-order valence-electron chi connectivity index (χ2n) is 7.06. The predicted octanol–water partition coefficient (Wildman–Crippen LogP) is 0.839. The molecule has 0 saturated heterocycles. The molecule has 0 radical (unpaired) electrons. The molecule has 0 spiro atoms. The van der Waals surface area contributed by atoms with E-state index >= 15 is 0 Å². The third-order valence-electron chi connectivity index (χ3n) is 3.64. The number of imide groups is 2. The first-order valence-electron chi connectivity index (χ1n) is 8.27. The van der Waals surface area contributed by atoms with Gasteiger partial charge in [-0.05, 0) is 39.8 Å². The van der Waals surface area contributed by atoms with Gasteiger partial charge in [-0.1, -0.05) is 12.1 Å². The van der Waals surface area contributed by atoms with E-state index in [2.05, 4.69) is 5.32 Å². The van der Waals surface area contributed by atoms with Crippen LogP contribution in [0, 0.1) is 0 Å². The molecule has 9 nitrogen and oxygen atoms in total. The lowest BCUT2D eigenvalue weighted by molar-refractivity contribution is -0.151. The lowest BCUT2D eigenvalue weighted by atomic mass is 10.1. The number of esters is 1. The third kappa shape index (κ3) is 4.69. The van der Waals surface area contributed by atoms with Gasteiger partial charge in [-0.2, -0.15) is 0 Å². The molecule has 0 aromatic heterocycles. The fourth-order valence-corrected chi connectivity index (χ4v) is 2.46. The van der Waals surface area contributed by atoms with E-state index in [0.717, 1.165) is 4.90 Å². The molecule has 27 heavy (non-hydrogen) atoms. The summed E-state index contributed by atoms with van der Waals surface area (Å²) in [5.74, 6) is -2.97. The highest BCUT2D eigenvalue weighted by atomic mass is 16.5. The first-order valence-corrected chi connectivity index (χ1v) is 8.27. The lowest BCUT2D eigenvalue weighted by Gasteiger charge is -2.21. The van der Waals surface area contributed by atoms with Gasteiger partial charge in [0.15, 0.2) is 6.61 Å². The molecule has 0 saturated carbocycles. The summed E-state index contributed by atoms with van der Waals surface area (Å²) in [6.07, 6.45) is 0. The van der Waals surface area contributed by atoms with E-state index < -0.39 is 47.9 Å². The molecule has 2 rings (SSSR count). The number of amides is 5. The highest BCUT2D eigenvalue weighted by Crippen LogP contribution is 2.24. The Labute approximate surface area is 156 Å². The normalized spacial score (nSPS) is 14.4. The number of hydrogen-bond donors (Lipinski definition) is 2. The molecule has 1 aliphatic rings. The average molecular weight is 375 g/mol. The number of carbonyl (C=O) groups is 5. The average Bonchev–Trinajstić information content (AvgIpc) is 2.82. The van der Waals surface area contributed by atoms with Gasteiger partial charge in [-0.3, -0.25) is 24.6 Å². The summed E-state index contributed by atoms with van der Waals surface area (Å²) in [6, 6.07) is 4.28. The Morgan fingerprint density at radius 3 is 2.07 bits per heavy atom. The van der Waals surface area contributed by atoms with E-state index in [0.29, 0.717) is 0 Å². The van der Waals surface area contributed by atoms with E-state index in [4.69, 9.17) is 4.74 Å². The van der Waals surface area contributed by atoms with Gasteiger partial charge >= 0.3 is 12.0 Å². The number of hydrogen-bond acceptors (Lipinski definition) is 6. The topological polar surface area (TPSA) is 122 Å². The number of ether oxygens (including phenoxy) is 1. The zero-order chi connectivity index (χ0) is 20.4. The minimum absolute atomic E-state index is 0.207. The Kier molecular flexibility index (Phi) is 5.63. The van der Waals surface area contributed by atoms with E-state index in [1.54, 1.807) is 32.9 Å². The Hall–Kier alpha value is -3.23. The van der Waals surface area contributed by atoms with Crippen LogP contribution in [-0.2, 0) is 14.3 Å². The Morgan fingerprint density at radius 1 is 1.07 bits per heavy atom. The summed E-state index contributed by atoms with van der Waals surface area (Å²) in [6.45, 7) is 5.82. The fraction of sp³-hybridized carbons (Fsp3) is 0.389. The third-order valence-corrected chi connectivity index (χ3v) is 3.64. The highest BCUT2D eigenvalue weighted by molar-refractivity contribution is 6.22. The Balaban J connectivity index is 1.91. The first kappa shape index (κ1) is 20.1. The quantitative estimate of drug-likeness (QED) is 0.594. The maximum atomic E-state index is 12.3. The monoisotopic (exact) mass is 375 g/mol. The number of benzene rings is 1. The fourth-order valence-electron chi connectivity index (χ4n) is 2.46. The minimum atomic E-state index is -1.21. The largest absolute Gasteiger partial charge is 0.454 e. The zero-order valence-electron chi connectivity index (χ0n) is 15.5. The molecule has 1 heterocycles. The highest BCUT2D eigenvalue weighted by Gasteiger charge is 2.41. The van der Waals surface area contributed by atoms with Crippen molar-refractivity contribution in [2.45, 2.75) is 39.3 Å². The molecular formula is C18H21N3O6. The first-order chi connectivity index (χ1) is 12.5. The SMILES string of the molecule is C[C@@H](C(=O)OCC(=O)NC(=O)NC(C)(C)C)N1C(=O)c2ccccc2C1=O. The number of fused-ring (bicyclic) bond motifs is 1. The second-order valence-corrected chi connectivity index (χ2v) is 7.06. The molecule has 1 aliphatic heterocycles. The zero-order valence-corrected chi connectivity index (χ0v) is 15.5.